The molecule has 0 aliphatic carbocycles. The van der Waals surface area contributed by atoms with Crippen LogP contribution in [-0.2, 0) is 4.79 Å². The lowest BCUT2D eigenvalue weighted by atomic mass is 10.0. The smallest absolute Gasteiger partial charge is 0.325 e. The van der Waals surface area contributed by atoms with Crippen molar-refractivity contribution in [2.24, 2.45) is 0 Å². The first kappa shape index (κ1) is 23.8. The van der Waals surface area contributed by atoms with Crippen LogP contribution in [-0.4, -0.2) is 41.9 Å². The molecule has 178 valence electrons. The normalized spacial score (nSPS) is 14.4. The number of nitrogens with one attached hydrogen (secondary N) is 1. The molecule has 9 heteroatoms. The number of rotatable bonds is 7. The molecule has 0 saturated heterocycles. The highest BCUT2D eigenvalue weighted by atomic mass is 32.2. The number of fused-ring (bicyclic) bond motifs is 3. The number of thioether (sulfide) groups is 1. The van der Waals surface area contributed by atoms with Crippen molar-refractivity contribution < 1.29 is 14.2 Å². The van der Waals surface area contributed by atoms with Gasteiger partial charge < -0.3 is 9.64 Å². The van der Waals surface area contributed by atoms with Gasteiger partial charge in [0, 0.05) is 36.9 Å². The number of H-pyrrole nitrogens is 1. The Morgan fingerprint density at radius 1 is 1.21 bits per heavy atom. The third kappa shape index (κ3) is 4.04. The maximum absolute atomic E-state index is 13.3. The lowest BCUT2D eigenvalue weighted by molar-refractivity contribution is -0.763. The van der Waals surface area contributed by atoms with Crippen LogP contribution in [0.3, 0.4) is 0 Å². The third-order valence-corrected chi connectivity index (χ3v) is 6.75. The molecule has 3 aromatic rings. The van der Waals surface area contributed by atoms with E-state index in [0.29, 0.717) is 27.9 Å². The number of benzene rings is 2. The molecule has 0 bridgehead atoms. The molecule has 1 aromatic heterocycles. The predicted molar refractivity (Wildman–Crippen MR) is 135 cm³/mol. The first-order valence-corrected chi connectivity index (χ1v) is 12.4. The summed E-state index contributed by atoms with van der Waals surface area (Å²) in [4.78, 5) is 33.2. The Hall–Kier alpha value is -3.33. The number of aromatic amines is 1. The molecule has 2 aromatic carbocycles. The van der Waals surface area contributed by atoms with Crippen LogP contribution in [0.4, 0.5) is 11.4 Å². The molecule has 0 saturated carbocycles. The SMILES string of the molecule is CCSc1n[n+]2c(c(=O)[nH]1)-c1ccccc1N(C(C)=O)C2c1ccc(N(CC)CC)cc1OC. The van der Waals surface area contributed by atoms with Crippen molar-refractivity contribution in [3.63, 3.8) is 0 Å². The molecule has 4 rings (SSSR count). The summed E-state index contributed by atoms with van der Waals surface area (Å²) in [5.74, 6) is 1.23. The van der Waals surface area contributed by atoms with Crippen molar-refractivity contribution in [1.29, 1.82) is 0 Å². The highest BCUT2D eigenvalue weighted by Gasteiger charge is 2.46. The Morgan fingerprint density at radius 3 is 2.59 bits per heavy atom. The van der Waals surface area contributed by atoms with Gasteiger partial charge in [0.25, 0.3) is 6.17 Å². The quantitative estimate of drug-likeness (QED) is 0.411. The van der Waals surface area contributed by atoms with Gasteiger partial charge in [0.1, 0.15) is 5.75 Å². The van der Waals surface area contributed by atoms with E-state index in [4.69, 9.17) is 9.84 Å². The Morgan fingerprint density at radius 2 is 1.94 bits per heavy atom. The molecule has 0 fully saturated rings. The van der Waals surface area contributed by atoms with E-state index in [2.05, 4.69) is 23.7 Å². The van der Waals surface area contributed by atoms with E-state index in [1.54, 1.807) is 16.7 Å². The van der Waals surface area contributed by atoms with Crippen LogP contribution in [0.1, 0.15) is 39.4 Å². The molecule has 1 aliphatic rings. The molecule has 1 aliphatic heterocycles. The van der Waals surface area contributed by atoms with Gasteiger partial charge in [-0.3, -0.25) is 14.6 Å². The highest BCUT2D eigenvalue weighted by molar-refractivity contribution is 7.99. The average Bonchev–Trinajstić information content (AvgIpc) is 2.83. The molecule has 1 amide bonds. The summed E-state index contributed by atoms with van der Waals surface area (Å²) < 4.78 is 7.48. The fraction of sp³-hybridized carbons (Fsp3) is 0.360. The van der Waals surface area contributed by atoms with Gasteiger partial charge in [-0.15, -0.1) is 0 Å². The van der Waals surface area contributed by atoms with E-state index in [0.717, 1.165) is 30.1 Å². The molecule has 1 unspecified atom stereocenters. The molecule has 34 heavy (non-hydrogen) atoms. The van der Waals surface area contributed by atoms with Gasteiger partial charge in [0.05, 0.1) is 23.9 Å². The van der Waals surface area contributed by atoms with Gasteiger partial charge in [-0.2, -0.15) is 0 Å². The van der Waals surface area contributed by atoms with Gasteiger partial charge in [-0.1, -0.05) is 30.8 Å². The number of carbonyl (C=O) groups is 1. The zero-order valence-corrected chi connectivity index (χ0v) is 21.0. The lowest BCUT2D eigenvalue weighted by Crippen LogP contribution is -2.60. The molecular formula is C25H30N5O3S+. The van der Waals surface area contributed by atoms with Gasteiger partial charge >= 0.3 is 11.3 Å². The molecule has 0 radical (unpaired) electrons. The molecule has 0 spiro atoms. The van der Waals surface area contributed by atoms with E-state index in [1.165, 1.54) is 18.7 Å². The van der Waals surface area contributed by atoms with Gasteiger partial charge in [0.2, 0.25) is 11.1 Å². The summed E-state index contributed by atoms with van der Waals surface area (Å²) >= 11 is 1.44. The van der Waals surface area contributed by atoms with Crippen LogP contribution in [0.5, 0.6) is 5.75 Å². The number of aromatic nitrogens is 3. The Balaban J connectivity index is 2.02. The second kappa shape index (κ2) is 9.89. The fourth-order valence-electron chi connectivity index (χ4n) is 4.49. The summed E-state index contributed by atoms with van der Waals surface area (Å²) in [5.41, 5.74) is 3.27. The minimum atomic E-state index is -0.679. The lowest BCUT2D eigenvalue weighted by Gasteiger charge is -2.32. The minimum absolute atomic E-state index is 0.155. The number of nitrogens with zero attached hydrogens (tertiary/aromatic N) is 4. The molecule has 1 atom stereocenters. The average molecular weight is 481 g/mol. The Kier molecular flexibility index (Phi) is 6.92. The highest BCUT2D eigenvalue weighted by Crippen LogP contribution is 2.40. The van der Waals surface area contributed by atoms with Crippen molar-refractivity contribution in [3.8, 4) is 17.0 Å². The minimum Gasteiger partial charge on any atom is -0.496 e. The van der Waals surface area contributed by atoms with Crippen molar-refractivity contribution in [1.82, 2.24) is 10.1 Å². The van der Waals surface area contributed by atoms with Gasteiger partial charge in [-0.05, 0) is 48.5 Å². The second-order valence-corrected chi connectivity index (χ2v) is 9.12. The number of anilines is 2. The maximum atomic E-state index is 13.3. The zero-order chi connectivity index (χ0) is 24.4. The zero-order valence-electron chi connectivity index (χ0n) is 20.2. The number of amides is 1. The number of methoxy groups -OCH3 is 1. The number of carbonyl (C=O) groups excluding carboxylic acids is 1. The summed E-state index contributed by atoms with van der Waals surface area (Å²) in [7, 11) is 1.62. The van der Waals surface area contributed by atoms with E-state index in [-0.39, 0.29) is 11.5 Å². The van der Waals surface area contributed by atoms with Gasteiger partial charge in [0.15, 0.2) is 0 Å². The van der Waals surface area contributed by atoms with Crippen molar-refractivity contribution >= 4 is 29.0 Å². The van der Waals surface area contributed by atoms with E-state index in [9.17, 15) is 9.59 Å². The summed E-state index contributed by atoms with van der Waals surface area (Å²) in [5, 5.41) is 5.29. The Labute approximate surface area is 203 Å². The van der Waals surface area contributed by atoms with Crippen LogP contribution in [0.15, 0.2) is 52.4 Å². The monoisotopic (exact) mass is 480 g/mol. The second-order valence-electron chi connectivity index (χ2n) is 7.86. The molecule has 8 nitrogen and oxygen atoms in total. The van der Waals surface area contributed by atoms with E-state index in [1.807, 2.05) is 49.4 Å². The van der Waals surface area contributed by atoms with Crippen molar-refractivity contribution in [2.75, 3.05) is 35.8 Å². The predicted octanol–water partition coefficient (Wildman–Crippen LogP) is 3.60. The fourth-order valence-corrected chi connectivity index (χ4v) is 5.08. The van der Waals surface area contributed by atoms with E-state index >= 15 is 0 Å². The van der Waals surface area contributed by atoms with E-state index < -0.39 is 6.17 Å². The summed E-state index contributed by atoms with van der Waals surface area (Å²) in [6.45, 7) is 9.46. The topological polar surface area (TPSA) is 82.4 Å². The van der Waals surface area contributed by atoms with Crippen LogP contribution in [0.25, 0.3) is 11.3 Å². The first-order valence-electron chi connectivity index (χ1n) is 11.5. The van der Waals surface area contributed by atoms with Crippen LogP contribution < -0.4 is 24.8 Å². The van der Waals surface area contributed by atoms with Crippen LogP contribution in [0.2, 0.25) is 0 Å². The van der Waals surface area contributed by atoms with Crippen LogP contribution >= 0.6 is 11.8 Å². The summed E-state index contributed by atoms with van der Waals surface area (Å²) in [6, 6.07) is 13.4. The standard InChI is InChI=1S/C25H29N5O3S/c1-6-28(7-2)17-13-14-19(21(15-17)33-5)24-29(16(4)31)20-12-10-9-11-18(20)22-23(32)26-25(34-8-3)27-30(22)24/h9-15,24H,6-8H2,1-5H3/p+1. The Bertz CT molecular complexity index is 1270. The maximum Gasteiger partial charge on any atom is 0.325 e. The number of hydrogen-bond acceptors (Lipinski definition) is 6. The van der Waals surface area contributed by atoms with Crippen LogP contribution in [0, 0.1) is 0 Å². The number of ether oxygens (including phenoxy) is 1. The van der Waals surface area contributed by atoms with Gasteiger partial charge in [-0.25, -0.2) is 4.90 Å². The first-order chi connectivity index (χ1) is 16.4. The van der Waals surface area contributed by atoms with Crippen molar-refractivity contribution in [3.05, 3.63) is 58.4 Å². The largest absolute Gasteiger partial charge is 0.496 e. The summed E-state index contributed by atoms with van der Waals surface area (Å²) in [6.07, 6.45) is -0.679. The van der Waals surface area contributed by atoms with Crippen molar-refractivity contribution in [2.45, 2.75) is 39.0 Å². The molecule has 1 N–H and O–H groups in total. The third-order valence-electron chi connectivity index (χ3n) is 6.00. The molecular weight excluding hydrogens is 450 g/mol. The number of para-hydroxylation sites is 1. The number of hydrogen-bond donors (Lipinski definition) is 1. The molecule has 2 heterocycles.